The summed E-state index contributed by atoms with van der Waals surface area (Å²) in [7, 11) is 3.99. The van der Waals surface area contributed by atoms with Gasteiger partial charge in [-0.2, -0.15) is 0 Å². The Labute approximate surface area is 258 Å². The Bertz CT molecular complexity index is 1960. The number of halogens is 2. The molecule has 228 valence electrons. The van der Waals surface area contributed by atoms with E-state index in [2.05, 4.69) is 21.3 Å². The van der Waals surface area contributed by atoms with E-state index in [0.717, 1.165) is 35.5 Å². The van der Waals surface area contributed by atoms with Crippen LogP contribution in [0.2, 0.25) is 0 Å². The molecule has 5 aromatic rings. The highest BCUT2D eigenvalue weighted by atomic mass is 19.1. The largest absolute Gasteiger partial charge is 0.452 e. The Morgan fingerprint density at radius 2 is 1.80 bits per heavy atom. The molecule has 3 aromatic carbocycles. The number of allylic oxidation sites excluding steroid dienone is 1. The van der Waals surface area contributed by atoms with Gasteiger partial charge >= 0.3 is 0 Å². The molecule has 10 heteroatoms. The first-order chi connectivity index (χ1) is 21.6. The summed E-state index contributed by atoms with van der Waals surface area (Å²) in [6.07, 6.45) is 4.21. The van der Waals surface area contributed by atoms with E-state index >= 15 is 4.39 Å². The van der Waals surface area contributed by atoms with Crippen LogP contribution in [0.1, 0.15) is 27.3 Å². The van der Waals surface area contributed by atoms with Crippen LogP contribution in [-0.2, 0) is 6.54 Å². The average Bonchev–Trinajstić information content (AvgIpc) is 3.49. The lowest BCUT2D eigenvalue weighted by Crippen LogP contribution is -2.29. The highest BCUT2D eigenvalue weighted by Gasteiger charge is 2.18. The Hall–Kier alpha value is -5.61. The number of aromatic nitrogens is 2. The summed E-state index contributed by atoms with van der Waals surface area (Å²) in [5.74, 6) is -1.86. The van der Waals surface area contributed by atoms with Crippen LogP contribution in [0.25, 0.3) is 22.6 Å². The van der Waals surface area contributed by atoms with E-state index in [1.807, 2.05) is 38.4 Å². The van der Waals surface area contributed by atoms with E-state index in [9.17, 15) is 14.0 Å². The predicted octanol–water partition coefficient (Wildman–Crippen LogP) is 6.80. The molecule has 5 rings (SSSR count). The molecule has 0 unspecified atom stereocenters. The zero-order chi connectivity index (χ0) is 32.1. The summed E-state index contributed by atoms with van der Waals surface area (Å²) in [5, 5.41) is 10.2. The van der Waals surface area contributed by atoms with Crippen LogP contribution >= 0.6 is 0 Å². The van der Waals surface area contributed by atoms with E-state index in [1.165, 1.54) is 53.1 Å². The summed E-state index contributed by atoms with van der Waals surface area (Å²) < 4.78 is 36.0. The summed E-state index contributed by atoms with van der Waals surface area (Å²) in [5.41, 5.74) is 3.72. The fraction of sp³-hybridized carbons (Fsp3) is 0.114. The van der Waals surface area contributed by atoms with Crippen molar-refractivity contribution in [1.82, 2.24) is 14.5 Å². The summed E-state index contributed by atoms with van der Waals surface area (Å²) in [6, 6.07) is 22.1. The number of nitrogens with one attached hydrogen (secondary N) is 3. The minimum Gasteiger partial charge on any atom is -0.452 e. The highest BCUT2D eigenvalue weighted by Crippen LogP contribution is 2.32. The summed E-state index contributed by atoms with van der Waals surface area (Å²) in [4.78, 5) is 31.5. The monoisotopic (exact) mass is 607 g/mol. The number of benzene rings is 3. The van der Waals surface area contributed by atoms with Gasteiger partial charge in [-0.25, -0.2) is 8.78 Å². The SMILES string of the molecule is Cc1ccc(C(=O)Nc2ccc(O/C(=C/C=N)c3[nH]ccc3-c3cccc(CN(C)C)c3)c(F)c2)c(=O)n1-c1ccc(F)cc1. The third-order valence-electron chi connectivity index (χ3n) is 6.98. The van der Waals surface area contributed by atoms with E-state index in [1.54, 1.807) is 19.2 Å². The van der Waals surface area contributed by atoms with Crippen molar-refractivity contribution in [3.63, 3.8) is 0 Å². The molecule has 0 saturated heterocycles. The lowest BCUT2D eigenvalue weighted by Gasteiger charge is -2.14. The Morgan fingerprint density at radius 1 is 1.02 bits per heavy atom. The minimum absolute atomic E-state index is 0.106. The average molecular weight is 608 g/mol. The first-order valence-corrected chi connectivity index (χ1v) is 14.0. The number of aromatic amines is 1. The number of nitrogens with zero attached hydrogens (tertiary/aromatic N) is 2. The van der Waals surface area contributed by atoms with Gasteiger partial charge in [0.25, 0.3) is 11.5 Å². The van der Waals surface area contributed by atoms with Gasteiger partial charge in [0.05, 0.1) is 5.69 Å². The zero-order valence-electron chi connectivity index (χ0n) is 24.9. The number of amides is 1. The molecule has 0 radical (unpaired) electrons. The van der Waals surface area contributed by atoms with Crippen LogP contribution in [0.3, 0.4) is 0 Å². The second-order valence-corrected chi connectivity index (χ2v) is 10.6. The Morgan fingerprint density at radius 3 is 2.51 bits per heavy atom. The smallest absolute Gasteiger partial charge is 0.268 e. The van der Waals surface area contributed by atoms with Crippen molar-refractivity contribution < 1.29 is 18.3 Å². The lowest BCUT2D eigenvalue weighted by molar-refractivity contribution is 0.102. The fourth-order valence-electron chi connectivity index (χ4n) is 4.95. The second-order valence-electron chi connectivity index (χ2n) is 10.6. The molecule has 3 N–H and O–H groups in total. The first-order valence-electron chi connectivity index (χ1n) is 14.0. The standard InChI is InChI=1S/C35H31F2N5O3/c1-22-7-13-29(35(44)42(22)27-11-8-25(36)9-12-27)34(43)40-26-10-14-31(30(37)20-26)45-32(15-17-38)33-28(16-18-39-33)24-6-4-5-23(19-24)21-41(2)3/h4-20,38-39H,21H2,1-3H3,(H,40,43)/b32-15+,38-17?. The molecule has 0 fully saturated rings. The fourth-order valence-corrected chi connectivity index (χ4v) is 4.95. The summed E-state index contributed by atoms with van der Waals surface area (Å²) >= 11 is 0. The normalized spacial score (nSPS) is 11.5. The van der Waals surface area contributed by atoms with Gasteiger partial charge in [0, 0.05) is 53.7 Å². The van der Waals surface area contributed by atoms with Crippen LogP contribution in [0.15, 0.2) is 102 Å². The maximum Gasteiger partial charge on any atom is 0.268 e. The highest BCUT2D eigenvalue weighted by molar-refractivity contribution is 6.04. The van der Waals surface area contributed by atoms with Crippen molar-refractivity contribution in [2.75, 3.05) is 19.4 Å². The van der Waals surface area contributed by atoms with Gasteiger partial charge in [-0.15, -0.1) is 0 Å². The van der Waals surface area contributed by atoms with Gasteiger partial charge in [-0.1, -0.05) is 18.2 Å². The number of carbonyl (C=O) groups excluding carboxylic acids is 1. The number of hydrogen-bond donors (Lipinski definition) is 3. The van der Waals surface area contributed by atoms with Crippen molar-refractivity contribution in [2.45, 2.75) is 13.5 Å². The maximum atomic E-state index is 15.3. The van der Waals surface area contributed by atoms with E-state index in [4.69, 9.17) is 10.1 Å². The molecule has 0 bridgehead atoms. The number of H-pyrrole nitrogens is 1. The Balaban J connectivity index is 1.37. The van der Waals surface area contributed by atoms with E-state index in [-0.39, 0.29) is 22.8 Å². The van der Waals surface area contributed by atoms with Crippen LogP contribution in [0, 0.1) is 24.0 Å². The van der Waals surface area contributed by atoms with Crippen molar-refractivity contribution in [1.29, 1.82) is 5.41 Å². The van der Waals surface area contributed by atoms with Crippen molar-refractivity contribution in [2.24, 2.45) is 0 Å². The van der Waals surface area contributed by atoms with Gasteiger partial charge in [0.1, 0.15) is 11.4 Å². The predicted molar refractivity (Wildman–Crippen MR) is 172 cm³/mol. The van der Waals surface area contributed by atoms with Crippen molar-refractivity contribution in [3.05, 3.63) is 142 Å². The number of rotatable bonds is 10. The first kappa shape index (κ1) is 30.8. The summed E-state index contributed by atoms with van der Waals surface area (Å²) in [6.45, 7) is 2.45. The van der Waals surface area contributed by atoms with Crippen LogP contribution < -0.4 is 15.6 Å². The molecule has 1 amide bonds. The molecule has 0 atom stereocenters. The number of aryl methyl sites for hydroxylation is 1. The molecule has 0 aliphatic heterocycles. The molecule has 2 heterocycles. The zero-order valence-corrected chi connectivity index (χ0v) is 24.9. The van der Waals surface area contributed by atoms with Crippen LogP contribution in [0.4, 0.5) is 14.5 Å². The van der Waals surface area contributed by atoms with E-state index in [0.29, 0.717) is 17.1 Å². The maximum absolute atomic E-state index is 15.3. The molecule has 45 heavy (non-hydrogen) atoms. The topological polar surface area (TPSA) is 103 Å². The second kappa shape index (κ2) is 13.4. The van der Waals surface area contributed by atoms with E-state index < -0.39 is 23.1 Å². The quantitative estimate of drug-likeness (QED) is 0.120. The number of ether oxygens (including phenoxy) is 1. The molecular weight excluding hydrogens is 576 g/mol. The third-order valence-corrected chi connectivity index (χ3v) is 6.98. The van der Waals surface area contributed by atoms with Gasteiger partial charge in [-0.05, 0) is 92.8 Å². The molecule has 8 nitrogen and oxygen atoms in total. The molecule has 2 aromatic heterocycles. The lowest BCUT2D eigenvalue weighted by atomic mass is 10.0. The van der Waals surface area contributed by atoms with Crippen molar-refractivity contribution in [3.8, 4) is 22.6 Å². The van der Waals surface area contributed by atoms with Gasteiger partial charge in [0.2, 0.25) is 0 Å². The van der Waals surface area contributed by atoms with Gasteiger partial charge in [-0.3, -0.25) is 14.2 Å². The molecule has 0 aliphatic rings. The van der Waals surface area contributed by atoms with Crippen molar-refractivity contribution >= 4 is 23.6 Å². The minimum atomic E-state index is -0.766. The molecule has 0 spiro atoms. The molecule has 0 aliphatic carbocycles. The van der Waals surface area contributed by atoms with Gasteiger partial charge in [0.15, 0.2) is 17.3 Å². The number of hydrogen-bond acceptors (Lipinski definition) is 5. The Kier molecular flexibility index (Phi) is 9.15. The van der Waals surface area contributed by atoms with Crippen LogP contribution in [-0.4, -0.2) is 40.7 Å². The molecule has 0 saturated carbocycles. The third kappa shape index (κ3) is 6.97. The number of pyridine rings is 1. The van der Waals surface area contributed by atoms with Gasteiger partial charge < -0.3 is 25.3 Å². The number of carbonyl (C=O) groups is 1. The van der Waals surface area contributed by atoms with Crippen LogP contribution in [0.5, 0.6) is 5.75 Å². The number of anilines is 1. The molecular formula is C35H31F2N5O3.